The molecule has 25 heavy (non-hydrogen) atoms. The van der Waals surface area contributed by atoms with E-state index in [2.05, 4.69) is 10.1 Å². The molecule has 0 unspecified atom stereocenters. The quantitative estimate of drug-likeness (QED) is 0.779. The van der Waals surface area contributed by atoms with Gasteiger partial charge in [0.15, 0.2) is 11.5 Å². The lowest BCUT2D eigenvalue weighted by atomic mass is 10.0. The number of alkyl halides is 3. The van der Waals surface area contributed by atoms with E-state index in [1.165, 1.54) is 37.4 Å². The molecule has 0 atom stereocenters. The molecule has 0 aliphatic rings. The third-order valence-electron chi connectivity index (χ3n) is 3.68. The van der Waals surface area contributed by atoms with Crippen LogP contribution in [0.15, 0.2) is 48.7 Å². The number of hydrogen-bond donors (Lipinski definition) is 1. The van der Waals surface area contributed by atoms with Crippen LogP contribution >= 0.6 is 0 Å². The van der Waals surface area contributed by atoms with Crippen LogP contribution in [0.5, 0.6) is 0 Å². The Hall–Kier alpha value is -3.16. The first kappa shape index (κ1) is 16.7. The number of aromatic nitrogens is 3. The monoisotopic (exact) mass is 347 g/mol. The molecule has 128 valence electrons. The number of rotatable bonds is 3. The van der Waals surface area contributed by atoms with Crippen molar-refractivity contribution in [3.63, 3.8) is 0 Å². The van der Waals surface area contributed by atoms with Gasteiger partial charge in [-0.2, -0.15) is 18.3 Å². The molecule has 5 nitrogen and oxygen atoms in total. The van der Waals surface area contributed by atoms with E-state index in [9.17, 15) is 23.1 Å². The fourth-order valence-corrected chi connectivity index (χ4v) is 2.60. The largest absolute Gasteiger partial charge is 0.476 e. The van der Waals surface area contributed by atoms with Gasteiger partial charge in [-0.25, -0.2) is 14.5 Å². The number of carbonyl (C=O) groups is 1. The number of carboxylic acid groups (broad SMARTS) is 1. The summed E-state index contributed by atoms with van der Waals surface area (Å²) in [5.74, 6) is -1.09. The molecule has 3 rings (SSSR count). The van der Waals surface area contributed by atoms with Gasteiger partial charge in [-0.3, -0.25) is 0 Å². The number of nitrogens with zero attached hydrogens (tertiary/aromatic N) is 3. The molecule has 0 aliphatic heterocycles. The first-order valence-corrected chi connectivity index (χ1v) is 7.21. The van der Waals surface area contributed by atoms with Gasteiger partial charge < -0.3 is 5.11 Å². The van der Waals surface area contributed by atoms with Crippen LogP contribution in [0, 0.1) is 6.92 Å². The molecule has 2 aromatic heterocycles. The van der Waals surface area contributed by atoms with E-state index in [0.717, 1.165) is 10.7 Å². The molecule has 0 radical (unpaired) electrons. The number of carboxylic acids is 1. The molecule has 3 aromatic rings. The van der Waals surface area contributed by atoms with Crippen molar-refractivity contribution >= 4 is 5.97 Å². The zero-order valence-electron chi connectivity index (χ0n) is 12.9. The van der Waals surface area contributed by atoms with Gasteiger partial charge in [0.05, 0.1) is 11.3 Å². The molecule has 0 bridgehead atoms. The normalized spacial score (nSPS) is 11.5. The second-order valence-electron chi connectivity index (χ2n) is 5.27. The number of halogens is 3. The van der Waals surface area contributed by atoms with Gasteiger partial charge >= 0.3 is 12.1 Å². The third-order valence-corrected chi connectivity index (χ3v) is 3.68. The molecule has 0 saturated carbocycles. The Morgan fingerprint density at radius 2 is 1.80 bits per heavy atom. The summed E-state index contributed by atoms with van der Waals surface area (Å²) < 4.78 is 41.3. The summed E-state index contributed by atoms with van der Waals surface area (Å²) in [5.41, 5.74) is -1.17. The first-order valence-electron chi connectivity index (χ1n) is 7.21. The summed E-state index contributed by atoms with van der Waals surface area (Å²) in [4.78, 5) is 15.5. The summed E-state index contributed by atoms with van der Waals surface area (Å²) in [6.07, 6.45) is -3.14. The maximum atomic E-state index is 13.4. The molecule has 0 fully saturated rings. The van der Waals surface area contributed by atoms with Crippen molar-refractivity contribution in [3.8, 4) is 17.1 Å². The highest BCUT2D eigenvalue weighted by molar-refractivity contribution is 5.90. The van der Waals surface area contributed by atoms with Crippen LogP contribution in [0.1, 0.15) is 21.6 Å². The smallest absolute Gasteiger partial charge is 0.417 e. The predicted octanol–water partition coefficient (Wildman–Crippen LogP) is 3.96. The Balaban J connectivity index is 2.36. The Kier molecular flexibility index (Phi) is 4.03. The highest BCUT2D eigenvalue weighted by atomic mass is 19.4. The number of aromatic carboxylic acids is 1. The lowest BCUT2D eigenvalue weighted by Gasteiger charge is -2.14. The predicted molar refractivity (Wildman–Crippen MR) is 83.5 cm³/mol. The molecule has 0 saturated heterocycles. The van der Waals surface area contributed by atoms with Gasteiger partial charge in [-0.15, -0.1) is 0 Å². The topological polar surface area (TPSA) is 68.0 Å². The minimum Gasteiger partial charge on any atom is -0.476 e. The second-order valence-corrected chi connectivity index (χ2v) is 5.27. The first-order chi connectivity index (χ1) is 11.8. The van der Waals surface area contributed by atoms with Gasteiger partial charge in [-0.1, -0.05) is 24.3 Å². The molecule has 8 heteroatoms. The zero-order chi connectivity index (χ0) is 18.2. The van der Waals surface area contributed by atoms with Crippen LogP contribution in [0.25, 0.3) is 17.1 Å². The van der Waals surface area contributed by atoms with Crippen LogP contribution in [0.3, 0.4) is 0 Å². The summed E-state index contributed by atoms with van der Waals surface area (Å²) in [5, 5.41) is 13.3. The Morgan fingerprint density at radius 3 is 2.40 bits per heavy atom. The lowest BCUT2D eigenvalue weighted by Crippen LogP contribution is -2.09. The third kappa shape index (κ3) is 2.98. The molecule has 1 N–H and O–H groups in total. The standard InChI is InChI=1S/C17H12F3N3O2/c1-10-14(16(24)25)22-23(13-8-4-5-9-21-13)15(10)11-6-2-3-7-12(11)17(18,19)20/h2-9H,1H3,(H,24,25). The van der Waals surface area contributed by atoms with E-state index < -0.39 is 17.7 Å². The van der Waals surface area contributed by atoms with Crippen molar-refractivity contribution in [2.45, 2.75) is 13.1 Å². The van der Waals surface area contributed by atoms with Gasteiger partial charge in [0, 0.05) is 17.3 Å². The summed E-state index contributed by atoms with van der Waals surface area (Å²) in [6.45, 7) is 1.43. The van der Waals surface area contributed by atoms with Gasteiger partial charge in [-0.05, 0) is 25.1 Å². The molecular weight excluding hydrogens is 335 g/mol. The zero-order valence-corrected chi connectivity index (χ0v) is 12.9. The van der Waals surface area contributed by atoms with E-state index in [4.69, 9.17) is 0 Å². The average molecular weight is 347 g/mol. The highest BCUT2D eigenvalue weighted by Crippen LogP contribution is 2.39. The molecular formula is C17H12F3N3O2. The maximum Gasteiger partial charge on any atom is 0.417 e. The van der Waals surface area contributed by atoms with Crippen molar-refractivity contribution in [1.29, 1.82) is 0 Å². The summed E-state index contributed by atoms with van der Waals surface area (Å²) in [6, 6.07) is 9.79. The minimum atomic E-state index is -4.59. The van der Waals surface area contributed by atoms with Crippen molar-refractivity contribution in [1.82, 2.24) is 14.8 Å². The van der Waals surface area contributed by atoms with Crippen molar-refractivity contribution < 1.29 is 23.1 Å². The summed E-state index contributed by atoms with van der Waals surface area (Å²) in [7, 11) is 0. The Bertz CT molecular complexity index is 934. The number of hydrogen-bond acceptors (Lipinski definition) is 3. The number of benzene rings is 1. The molecule has 2 heterocycles. The molecule has 0 aliphatic carbocycles. The van der Waals surface area contributed by atoms with Crippen LogP contribution in [0.4, 0.5) is 13.2 Å². The van der Waals surface area contributed by atoms with E-state index in [1.807, 2.05) is 0 Å². The van der Waals surface area contributed by atoms with Crippen LogP contribution < -0.4 is 0 Å². The van der Waals surface area contributed by atoms with Gasteiger partial charge in [0.1, 0.15) is 0 Å². The maximum absolute atomic E-state index is 13.4. The second kappa shape index (κ2) is 6.04. The number of pyridine rings is 1. The molecule has 0 amide bonds. The molecule has 0 spiro atoms. The lowest BCUT2D eigenvalue weighted by molar-refractivity contribution is -0.137. The van der Waals surface area contributed by atoms with E-state index in [1.54, 1.807) is 12.1 Å². The molecule has 1 aromatic carbocycles. The van der Waals surface area contributed by atoms with Crippen molar-refractivity contribution in [2.24, 2.45) is 0 Å². The van der Waals surface area contributed by atoms with Gasteiger partial charge in [0.2, 0.25) is 0 Å². The fraction of sp³-hybridized carbons (Fsp3) is 0.118. The summed E-state index contributed by atoms with van der Waals surface area (Å²) >= 11 is 0. The Labute approximate surface area is 140 Å². The Morgan fingerprint density at radius 1 is 1.12 bits per heavy atom. The van der Waals surface area contributed by atoms with Crippen LogP contribution in [0.2, 0.25) is 0 Å². The SMILES string of the molecule is Cc1c(C(=O)O)nn(-c2ccccn2)c1-c1ccccc1C(F)(F)F. The van der Waals surface area contributed by atoms with E-state index in [-0.39, 0.29) is 28.3 Å². The van der Waals surface area contributed by atoms with Crippen molar-refractivity contribution in [2.75, 3.05) is 0 Å². The highest BCUT2D eigenvalue weighted by Gasteiger charge is 2.35. The van der Waals surface area contributed by atoms with Crippen LogP contribution in [-0.4, -0.2) is 25.8 Å². The van der Waals surface area contributed by atoms with E-state index >= 15 is 0 Å². The minimum absolute atomic E-state index is 0.0454. The fourth-order valence-electron chi connectivity index (χ4n) is 2.60. The van der Waals surface area contributed by atoms with Crippen LogP contribution in [-0.2, 0) is 6.18 Å². The van der Waals surface area contributed by atoms with Gasteiger partial charge in [0.25, 0.3) is 0 Å². The average Bonchev–Trinajstić information content (AvgIpc) is 2.92. The van der Waals surface area contributed by atoms with Crippen molar-refractivity contribution in [3.05, 3.63) is 65.5 Å². The van der Waals surface area contributed by atoms with E-state index in [0.29, 0.717) is 0 Å².